The second-order valence-electron chi connectivity index (χ2n) is 5.58. The van der Waals surface area contributed by atoms with E-state index in [9.17, 15) is 0 Å². The van der Waals surface area contributed by atoms with E-state index in [1.165, 1.54) is 19.3 Å². The number of hydrogen-bond acceptors (Lipinski definition) is 3. The Hall–Kier alpha value is -0.120. The lowest BCUT2D eigenvalue weighted by Gasteiger charge is -2.24. The Morgan fingerprint density at radius 1 is 1.35 bits per heavy atom. The highest BCUT2D eigenvalue weighted by Crippen LogP contribution is 2.27. The highest BCUT2D eigenvalue weighted by molar-refractivity contribution is 4.76. The van der Waals surface area contributed by atoms with Crippen LogP contribution in [0, 0.1) is 11.8 Å². The highest BCUT2D eigenvalue weighted by atomic mass is 16.5. The number of ether oxygens (including phenoxy) is 2. The van der Waals surface area contributed by atoms with Crippen LogP contribution in [0.2, 0.25) is 0 Å². The van der Waals surface area contributed by atoms with Crippen molar-refractivity contribution < 1.29 is 9.47 Å². The zero-order chi connectivity index (χ0) is 12.7. The van der Waals surface area contributed by atoms with Gasteiger partial charge in [0, 0.05) is 13.7 Å². The van der Waals surface area contributed by atoms with Crippen molar-refractivity contribution in [3.8, 4) is 0 Å². The predicted octanol–water partition coefficient (Wildman–Crippen LogP) is 2.45. The van der Waals surface area contributed by atoms with Crippen LogP contribution in [0.1, 0.15) is 40.0 Å². The van der Waals surface area contributed by atoms with E-state index in [0.29, 0.717) is 24.0 Å². The maximum atomic E-state index is 5.92. The molecule has 0 aliphatic carbocycles. The zero-order valence-electron chi connectivity index (χ0n) is 11.9. The molecule has 0 saturated carbocycles. The molecule has 3 unspecified atom stereocenters. The molecule has 1 heterocycles. The van der Waals surface area contributed by atoms with Crippen molar-refractivity contribution >= 4 is 0 Å². The lowest BCUT2D eigenvalue weighted by Crippen LogP contribution is -2.31. The molecule has 0 aromatic carbocycles. The Bertz CT molecular complexity index is 197. The van der Waals surface area contributed by atoms with Crippen LogP contribution >= 0.6 is 0 Å². The molecule has 0 aromatic heterocycles. The highest BCUT2D eigenvalue weighted by Gasteiger charge is 2.26. The lowest BCUT2D eigenvalue weighted by atomic mass is 9.89. The summed E-state index contributed by atoms with van der Waals surface area (Å²) in [5, 5.41) is 3.47. The third-order valence-electron chi connectivity index (χ3n) is 3.72. The molecular formula is C14H29NO2. The molecule has 1 fully saturated rings. The fourth-order valence-corrected chi connectivity index (χ4v) is 2.45. The monoisotopic (exact) mass is 243 g/mol. The standard InChI is InChI=1S/C14H29NO2/c1-11(2)13(10-15-7-8-16-4)9-14-6-5-12(3)17-14/h11-15H,5-10H2,1-4H3. The average molecular weight is 243 g/mol. The van der Waals surface area contributed by atoms with E-state index in [1.807, 2.05) is 0 Å². The fraction of sp³-hybridized carbons (Fsp3) is 1.00. The van der Waals surface area contributed by atoms with E-state index in [-0.39, 0.29) is 0 Å². The van der Waals surface area contributed by atoms with Crippen LogP contribution in [-0.2, 0) is 9.47 Å². The summed E-state index contributed by atoms with van der Waals surface area (Å²) in [5.74, 6) is 1.42. The number of methoxy groups -OCH3 is 1. The third-order valence-corrected chi connectivity index (χ3v) is 3.72. The van der Waals surface area contributed by atoms with Gasteiger partial charge >= 0.3 is 0 Å². The van der Waals surface area contributed by atoms with Crippen molar-refractivity contribution in [1.29, 1.82) is 0 Å². The molecule has 1 N–H and O–H groups in total. The Balaban J connectivity index is 2.23. The quantitative estimate of drug-likeness (QED) is 0.664. The van der Waals surface area contributed by atoms with Crippen molar-refractivity contribution in [3.05, 3.63) is 0 Å². The maximum Gasteiger partial charge on any atom is 0.0587 e. The van der Waals surface area contributed by atoms with Gasteiger partial charge < -0.3 is 14.8 Å². The predicted molar refractivity (Wildman–Crippen MR) is 71.3 cm³/mol. The van der Waals surface area contributed by atoms with Crippen molar-refractivity contribution in [2.24, 2.45) is 11.8 Å². The smallest absolute Gasteiger partial charge is 0.0587 e. The van der Waals surface area contributed by atoms with Crippen molar-refractivity contribution in [2.45, 2.75) is 52.2 Å². The Morgan fingerprint density at radius 2 is 2.12 bits per heavy atom. The van der Waals surface area contributed by atoms with E-state index in [0.717, 1.165) is 19.7 Å². The molecule has 1 aliphatic rings. The SMILES string of the molecule is COCCNCC(CC1CCC(C)O1)C(C)C. The van der Waals surface area contributed by atoms with E-state index < -0.39 is 0 Å². The lowest BCUT2D eigenvalue weighted by molar-refractivity contribution is 0.0358. The molecule has 0 bridgehead atoms. The summed E-state index contributed by atoms with van der Waals surface area (Å²) in [6, 6.07) is 0. The van der Waals surface area contributed by atoms with Gasteiger partial charge in [-0.25, -0.2) is 0 Å². The van der Waals surface area contributed by atoms with Crippen LogP contribution in [0.3, 0.4) is 0 Å². The normalized spacial score (nSPS) is 26.6. The number of nitrogens with one attached hydrogen (secondary N) is 1. The van der Waals surface area contributed by atoms with Gasteiger partial charge in [0.05, 0.1) is 18.8 Å². The van der Waals surface area contributed by atoms with Gasteiger partial charge in [0.2, 0.25) is 0 Å². The first-order valence-corrected chi connectivity index (χ1v) is 6.98. The van der Waals surface area contributed by atoms with Gasteiger partial charge in [-0.2, -0.15) is 0 Å². The van der Waals surface area contributed by atoms with Crippen LogP contribution in [0.4, 0.5) is 0 Å². The third kappa shape index (κ3) is 5.84. The zero-order valence-corrected chi connectivity index (χ0v) is 11.9. The second kappa shape index (κ2) is 8.06. The summed E-state index contributed by atoms with van der Waals surface area (Å²) in [6.45, 7) is 9.61. The Morgan fingerprint density at radius 3 is 2.65 bits per heavy atom. The van der Waals surface area contributed by atoms with Crippen LogP contribution in [-0.4, -0.2) is 39.0 Å². The van der Waals surface area contributed by atoms with Gasteiger partial charge in [-0.3, -0.25) is 0 Å². The maximum absolute atomic E-state index is 5.92. The van der Waals surface area contributed by atoms with E-state index in [2.05, 4.69) is 26.1 Å². The van der Waals surface area contributed by atoms with Crippen molar-refractivity contribution in [2.75, 3.05) is 26.8 Å². The minimum Gasteiger partial charge on any atom is -0.383 e. The molecule has 102 valence electrons. The summed E-state index contributed by atoms with van der Waals surface area (Å²) in [4.78, 5) is 0. The Kier molecular flexibility index (Phi) is 7.09. The molecule has 0 radical (unpaired) electrons. The fourth-order valence-electron chi connectivity index (χ4n) is 2.45. The van der Waals surface area contributed by atoms with Gasteiger partial charge in [0.25, 0.3) is 0 Å². The molecule has 3 heteroatoms. The Labute approximate surface area is 106 Å². The summed E-state index contributed by atoms with van der Waals surface area (Å²) >= 11 is 0. The van der Waals surface area contributed by atoms with Crippen molar-refractivity contribution in [1.82, 2.24) is 5.32 Å². The summed E-state index contributed by atoms with van der Waals surface area (Å²) in [7, 11) is 1.75. The summed E-state index contributed by atoms with van der Waals surface area (Å²) in [6.07, 6.45) is 4.62. The second-order valence-corrected chi connectivity index (χ2v) is 5.58. The van der Waals surface area contributed by atoms with Crippen LogP contribution in [0.25, 0.3) is 0 Å². The van der Waals surface area contributed by atoms with E-state index in [4.69, 9.17) is 9.47 Å². The van der Waals surface area contributed by atoms with Crippen LogP contribution < -0.4 is 5.32 Å². The van der Waals surface area contributed by atoms with E-state index >= 15 is 0 Å². The van der Waals surface area contributed by atoms with Gasteiger partial charge in [-0.1, -0.05) is 13.8 Å². The molecule has 3 atom stereocenters. The summed E-state index contributed by atoms with van der Waals surface area (Å²) in [5.41, 5.74) is 0. The van der Waals surface area contributed by atoms with Crippen molar-refractivity contribution in [3.63, 3.8) is 0 Å². The molecular weight excluding hydrogens is 214 g/mol. The van der Waals surface area contributed by atoms with Gasteiger partial charge in [0.1, 0.15) is 0 Å². The average Bonchev–Trinajstić information content (AvgIpc) is 2.68. The summed E-state index contributed by atoms with van der Waals surface area (Å²) < 4.78 is 11.0. The molecule has 1 aliphatic heterocycles. The van der Waals surface area contributed by atoms with Gasteiger partial charge in [-0.15, -0.1) is 0 Å². The van der Waals surface area contributed by atoms with Crippen LogP contribution in [0.15, 0.2) is 0 Å². The van der Waals surface area contributed by atoms with Gasteiger partial charge in [0.15, 0.2) is 0 Å². The molecule has 3 nitrogen and oxygen atoms in total. The molecule has 0 spiro atoms. The topological polar surface area (TPSA) is 30.5 Å². The molecule has 1 rings (SSSR count). The molecule has 17 heavy (non-hydrogen) atoms. The molecule has 1 saturated heterocycles. The molecule has 0 aromatic rings. The minimum absolute atomic E-state index is 0.467. The minimum atomic E-state index is 0.467. The first kappa shape index (κ1) is 14.9. The first-order chi connectivity index (χ1) is 8.13. The molecule has 0 amide bonds. The van der Waals surface area contributed by atoms with Crippen LogP contribution in [0.5, 0.6) is 0 Å². The van der Waals surface area contributed by atoms with Gasteiger partial charge in [-0.05, 0) is 44.6 Å². The first-order valence-electron chi connectivity index (χ1n) is 6.98. The number of rotatable bonds is 8. The number of hydrogen-bond donors (Lipinski definition) is 1. The largest absolute Gasteiger partial charge is 0.383 e. The van der Waals surface area contributed by atoms with E-state index in [1.54, 1.807) is 7.11 Å².